The fourth-order valence-electron chi connectivity index (χ4n) is 4.47. The van der Waals surface area contributed by atoms with E-state index in [1.807, 2.05) is 12.1 Å². The maximum atomic E-state index is 14.4. The molecule has 6 nitrogen and oxygen atoms in total. The molecule has 0 radical (unpaired) electrons. The molecule has 184 valence electrons. The first-order valence-corrected chi connectivity index (χ1v) is 11.6. The molecule has 1 atom stereocenters. The van der Waals surface area contributed by atoms with E-state index in [9.17, 15) is 18.4 Å². The van der Waals surface area contributed by atoms with E-state index in [1.165, 1.54) is 12.1 Å². The first-order valence-electron chi connectivity index (χ1n) is 11.6. The normalized spacial score (nSPS) is 15.0. The molecule has 1 aliphatic heterocycles. The van der Waals surface area contributed by atoms with Crippen molar-refractivity contribution in [1.29, 1.82) is 0 Å². The highest BCUT2D eigenvalue weighted by molar-refractivity contribution is 5.78. The number of rotatable bonds is 9. The summed E-state index contributed by atoms with van der Waals surface area (Å²) < 4.78 is 38.6. The van der Waals surface area contributed by atoms with E-state index in [-0.39, 0.29) is 30.4 Å². The fraction of sp³-hybridized carbons (Fsp3) is 0.462. The van der Waals surface area contributed by atoms with Crippen LogP contribution in [0.4, 0.5) is 8.78 Å². The van der Waals surface area contributed by atoms with Crippen LogP contribution >= 0.6 is 0 Å². The quantitative estimate of drug-likeness (QED) is 0.550. The third-order valence-electron chi connectivity index (χ3n) is 6.49. The number of halogens is 2. The number of likely N-dealkylation sites (N-methyl/N-ethyl adjacent to an activating group) is 1. The molecule has 8 heteroatoms. The number of hydrogen-bond donors (Lipinski definition) is 0. The third kappa shape index (κ3) is 6.24. The number of carbonyl (C=O) groups excluding carboxylic acids is 2. The van der Waals surface area contributed by atoms with Crippen molar-refractivity contribution >= 4 is 11.8 Å². The van der Waals surface area contributed by atoms with E-state index >= 15 is 0 Å². The average Bonchev–Trinajstić information content (AvgIpc) is 2.86. The first kappa shape index (κ1) is 25.5. The Hall–Kier alpha value is -3.16. The Morgan fingerprint density at radius 1 is 1.12 bits per heavy atom. The Labute approximate surface area is 199 Å². The van der Waals surface area contributed by atoms with Gasteiger partial charge < -0.3 is 19.3 Å². The number of nitrogens with zero attached hydrogens (tertiary/aromatic N) is 2. The van der Waals surface area contributed by atoms with Crippen molar-refractivity contribution in [3.63, 3.8) is 0 Å². The van der Waals surface area contributed by atoms with E-state index < -0.39 is 11.6 Å². The molecule has 1 fully saturated rings. The second-order valence-corrected chi connectivity index (χ2v) is 8.52. The summed E-state index contributed by atoms with van der Waals surface area (Å²) in [6, 6.07) is 10.5. The van der Waals surface area contributed by atoms with Crippen molar-refractivity contribution in [1.82, 2.24) is 9.80 Å². The Morgan fingerprint density at radius 3 is 2.41 bits per heavy atom. The molecule has 2 aromatic rings. The molecule has 0 bridgehead atoms. The lowest BCUT2D eigenvalue weighted by Crippen LogP contribution is -2.49. The number of amides is 2. The van der Waals surface area contributed by atoms with E-state index in [2.05, 4.69) is 0 Å². The van der Waals surface area contributed by atoms with Gasteiger partial charge in [0.2, 0.25) is 5.91 Å². The third-order valence-corrected chi connectivity index (χ3v) is 6.49. The molecule has 0 saturated carbocycles. The highest BCUT2D eigenvalue weighted by Crippen LogP contribution is 2.29. The van der Waals surface area contributed by atoms with E-state index in [1.54, 1.807) is 43.0 Å². The van der Waals surface area contributed by atoms with Gasteiger partial charge in [0.1, 0.15) is 11.6 Å². The topological polar surface area (TPSA) is 59.1 Å². The lowest BCUT2D eigenvalue weighted by atomic mass is 9.84. The van der Waals surface area contributed by atoms with Crippen LogP contribution in [-0.4, -0.2) is 61.5 Å². The summed E-state index contributed by atoms with van der Waals surface area (Å²) in [5.74, 6) is -0.229. The van der Waals surface area contributed by atoms with Crippen molar-refractivity contribution in [2.24, 2.45) is 5.92 Å². The molecule has 0 spiro atoms. The van der Waals surface area contributed by atoms with Crippen LogP contribution in [0.3, 0.4) is 0 Å². The van der Waals surface area contributed by atoms with Gasteiger partial charge in [-0.15, -0.1) is 0 Å². The second-order valence-electron chi connectivity index (χ2n) is 8.52. The average molecular weight is 475 g/mol. The fourth-order valence-corrected chi connectivity index (χ4v) is 4.47. The van der Waals surface area contributed by atoms with Gasteiger partial charge in [-0.1, -0.05) is 25.1 Å². The molecule has 1 saturated heterocycles. The highest BCUT2D eigenvalue weighted by Gasteiger charge is 2.33. The smallest absolute Gasteiger partial charge is 0.260 e. The first-order chi connectivity index (χ1) is 16.3. The lowest BCUT2D eigenvalue weighted by Gasteiger charge is -2.40. The Kier molecular flexibility index (Phi) is 8.85. The molecule has 0 N–H and O–H groups in total. The predicted octanol–water partition coefficient (Wildman–Crippen LogP) is 4.07. The Bertz CT molecular complexity index is 993. The van der Waals surface area contributed by atoms with Gasteiger partial charge in [0.15, 0.2) is 18.1 Å². The standard InChI is InChI=1S/C26H32F2N2O4/c1-4-25(31)29(2)22(15-19-9-10-20(27)16-21(19)28)18-11-13-30(14-12-18)26(32)17-34-24-8-6-5-7-23(24)33-3/h5-10,16,18,22H,4,11-15,17H2,1-3H3. The molecule has 1 unspecified atom stereocenters. The van der Waals surface area contributed by atoms with Crippen LogP contribution in [0.5, 0.6) is 11.5 Å². The summed E-state index contributed by atoms with van der Waals surface area (Å²) in [5, 5.41) is 0. The van der Waals surface area contributed by atoms with Gasteiger partial charge in [-0.2, -0.15) is 0 Å². The number of benzene rings is 2. The van der Waals surface area contributed by atoms with Gasteiger partial charge >= 0.3 is 0 Å². The van der Waals surface area contributed by atoms with Crippen LogP contribution in [0.1, 0.15) is 31.7 Å². The zero-order valence-corrected chi connectivity index (χ0v) is 19.9. The van der Waals surface area contributed by atoms with Gasteiger partial charge in [-0.05, 0) is 48.9 Å². The molecule has 34 heavy (non-hydrogen) atoms. The number of piperidine rings is 1. The maximum absolute atomic E-state index is 14.4. The monoisotopic (exact) mass is 474 g/mol. The van der Waals surface area contributed by atoms with Crippen LogP contribution in [0, 0.1) is 17.6 Å². The van der Waals surface area contributed by atoms with Crippen molar-refractivity contribution in [3.8, 4) is 11.5 Å². The van der Waals surface area contributed by atoms with Crippen LogP contribution in [0.2, 0.25) is 0 Å². The molecule has 1 aliphatic rings. The van der Waals surface area contributed by atoms with Gasteiger partial charge in [-0.25, -0.2) is 8.78 Å². The van der Waals surface area contributed by atoms with Gasteiger partial charge in [-0.3, -0.25) is 9.59 Å². The minimum atomic E-state index is -0.627. The zero-order chi connectivity index (χ0) is 24.7. The van der Waals surface area contributed by atoms with E-state index in [0.29, 0.717) is 55.8 Å². The summed E-state index contributed by atoms with van der Waals surface area (Å²) in [6.07, 6.45) is 1.99. The van der Waals surface area contributed by atoms with E-state index in [4.69, 9.17) is 9.47 Å². The maximum Gasteiger partial charge on any atom is 0.260 e. The van der Waals surface area contributed by atoms with Crippen LogP contribution in [0.15, 0.2) is 42.5 Å². The SMILES string of the molecule is CCC(=O)N(C)C(Cc1ccc(F)cc1F)C1CCN(C(=O)COc2ccccc2OC)CC1. The summed E-state index contributed by atoms with van der Waals surface area (Å²) in [6.45, 7) is 2.74. The second kappa shape index (κ2) is 11.8. The molecule has 2 aromatic carbocycles. The molecule has 0 aliphatic carbocycles. The van der Waals surface area contributed by atoms with Crippen molar-refractivity contribution < 1.29 is 27.8 Å². The largest absolute Gasteiger partial charge is 0.493 e. The predicted molar refractivity (Wildman–Crippen MR) is 125 cm³/mol. The minimum absolute atomic E-state index is 0.0313. The molecule has 1 heterocycles. The Balaban J connectivity index is 1.63. The van der Waals surface area contributed by atoms with Gasteiger partial charge in [0.25, 0.3) is 5.91 Å². The molecular weight excluding hydrogens is 442 g/mol. The zero-order valence-electron chi connectivity index (χ0n) is 19.9. The van der Waals surface area contributed by atoms with Gasteiger partial charge in [0.05, 0.1) is 7.11 Å². The molecule has 2 amide bonds. The Morgan fingerprint density at radius 2 is 1.79 bits per heavy atom. The number of methoxy groups -OCH3 is 1. The summed E-state index contributed by atoms with van der Waals surface area (Å²) >= 11 is 0. The molecular formula is C26H32F2N2O4. The van der Waals surface area contributed by atoms with Crippen LogP contribution < -0.4 is 9.47 Å². The summed E-state index contributed by atoms with van der Waals surface area (Å²) in [5.41, 5.74) is 0.380. The number of likely N-dealkylation sites (tertiary alicyclic amines) is 1. The number of hydrogen-bond acceptors (Lipinski definition) is 4. The van der Waals surface area contributed by atoms with Crippen molar-refractivity contribution in [2.75, 3.05) is 33.9 Å². The van der Waals surface area contributed by atoms with Crippen molar-refractivity contribution in [3.05, 3.63) is 59.7 Å². The number of carbonyl (C=O) groups is 2. The number of ether oxygens (including phenoxy) is 2. The van der Waals surface area contributed by atoms with Crippen molar-refractivity contribution in [2.45, 2.75) is 38.6 Å². The highest BCUT2D eigenvalue weighted by atomic mass is 19.1. The molecule has 0 aromatic heterocycles. The molecule has 3 rings (SSSR count). The van der Waals surface area contributed by atoms with Gasteiger partial charge in [0, 0.05) is 38.7 Å². The summed E-state index contributed by atoms with van der Waals surface area (Å²) in [4.78, 5) is 28.6. The minimum Gasteiger partial charge on any atom is -0.493 e. The number of para-hydroxylation sites is 2. The van der Waals surface area contributed by atoms with Crippen LogP contribution in [-0.2, 0) is 16.0 Å². The lowest BCUT2D eigenvalue weighted by molar-refractivity contribution is -0.137. The van der Waals surface area contributed by atoms with Crippen LogP contribution in [0.25, 0.3) is 0 Å². The van der Waals surface area contributed by atoms with E-state index in [0.717, 1.165) is 6.07 Å². The summed E-state index contributed by atoms with van der Waals surface area (Å²) in [7, 11) is 3.28.